The highest BCUT2D eigenvalue weighted by molar-refractivity contribution is 5.80. The number of nitrogens with one attached hydrogen (secondary N) is 1. The average Bonchev–Trinajstić information content (AvgIpc) is 3.10. The van der Waals surface area contributed by atoms with E-state index in [0.717, 1.165) is 34.3 Å². The monoisotopic (exact) mass is 350 g/mol. The predicted octanol–water partition coefficient (Wildman–Crippen LogP) is 3.82. The molecule has 0 unspecified atom stereocenters. The average molecular weight is 350 g/mol. The van der Waals surface area contributed by atoms with E-state index in [0.29, 0.717) is 25.3 Å². The topological polar surface area (TPSA) is 71.1 Å². The van der Waals surface area contributed by atoms with Crippen molar-refractivity contribution in [3.63, 3.8) is 0 Å². The van der Waals surface area contributed by atoms with E-state index in [1.807, 2.05) is 42.3 Å². The number of ether oxygens (including phenoxy) is 1. The van der Waals surface area contributed by atoms with Crippen LogP contribution >= 0.6 is 0 Å². The first kappa shape index (κ1) is 16.6. The summed E-state index contributed by atoms with van der Waals surface area (Å²) in [5, 5.41) is 1.09. The first-order valence-corrected chi connectivity index (χ1v) is 9.03. The van der Waals surface area contributed by atoms with Crippen LogP contribution in [0, 0.1) is 0 Å². The Hall–Kier alpha value is -2.89. The summed E-state index contributed by atoms with van der Waals surface area (Å²) in [5.74, 6) is 1.51. The molecule has 2 aromatic heterocycles. The molecule has 1 aliphatic heterocycles. The zero-order valence-corrected chi connectivity index (χ0v) is 15.0. The van der Waals surface area contributed by atoms with Gasteiger partial charge < -0.3 is 14.6 Å². The smallest absolute Gasteiger partial charge is 0.225 e. The molecule has 134 valence electrons. The van der Waals surface area contributed by atoms with Crippen molar-refractivity contribution in [3.05, 3.63) is 48.0 Å². The maximum atomic E-state index is 12.3. The van der Waals surface area contributed by atoms with Gasteiger partial charge >= 0.3 is 0 Å². The summed E-state index contributed by atoms with van der Waals surface area (Å²) in [4.78, 5) is 26.2. The van der Waals surface area contributed by atoms with E-state index in [1.54, 1.807) is 0 Å². The van der Waals surface area contributed by atoms with Crippen molar-refractivity contribution < 1.29 is 9.53 Å². The molecule has 0 fully saturated rings. The van der Waals surface area contributed by atoms with Gasteiger partial charge in [-0.05, 0) is 44.0 Å². The largest absolute Gasteiger partial charge is 0.439 e. The second kappa shape index (κ2) is 6.78. The molecule has 1 amide bonds. The molecule has 6 nitrogen and oxygen atoms in total. The molecule has 0 aliphatic carbocycles. The lowest BCUT2D eigenvalue weighted by Crippen LogP contribution is -2.43. The van der Waals surface area contributed by atoms with Crippen molar-refractivity contribution in [3.8, 4) is 11.6 Å². The third-order valence-electron chi connectivity index (χ3n) is 4.87. The Bertz CT molecular complexity index is 950. The Morgan fingerprint density at radius 2 is 2.23 bits per heavy atom. The van der Waals surface area contributed by atoms with Crippen LogP contribution in [0.1, 0.15) is 37.9 Å². The minimum atomic E-state index is 0.113. The molecule has 1 N–H and O–H groups in total. The van der Waals surface area contributed by atoms with Gasteiger partial charge in [-0.3, -0.25) is 4.79 Å². The van der Waals surface area contributed by atoms with Gasteiger partial charge in [0.15, 0.2) is 0 Å². The molecule has 0 saturated heterocycles. The van der Waals surface area contributed by atoms with Gasteiger partial charge in [-0.25, -0.2) is 9.97 Å². The lowest BCUT2D eigenvalue weighted by Gasteiger charge is -2.34. The number of hydrogen-bond acceptors (Lipinski definition) is 4. The Balaban J connectivity index is 1.61. The third kappa shape index (κ3) is 3.03. The lowest BCUT2D eigenvalue weighted by atomic mass is 9.99. The Kier molecular flexibility index (Phi) is 4.32. The molecule has 3 aromatic rings. The molecule has 6 heteroatoms. The van der Waals surface area contributed by atoms with Crippen molar-refractivity contribution in [2.45, 2.75) is 45.7 Å². The summed E-state index contributed by atoms with van der Waals surface area (Å²) < 4.78 is 6.08. The van der Waals surface area contributed by atoms with Gasteiger partial charge in [0.05, 0.1) is 12.2 Å². The Morgan fingerprint density at radius 3 is 3.08 bits per heavy atom. The van der Waals surface area contributed by atoms with Gasteiger partial charge in [0, 0.05) is 35.1 Å². The molecule has 1 aliphatic rings. The molecule has 4 rings (SSSR count). The fourth-order valence-electron chi connectivity index (χ4n) is 3.48. The SMILES string of the molecule is CCCC(=O)N1Cc2ncnc(Oc3ccc4[nH]ccc4c3)c2C[C@@H]1C. The molecule has 26 heavy (non-hydrogen) atoms. The van der Waals surface area contributed by atoms with Gasteiger partial charge in [-0.15, -0.1) is 0 Å². The summed E-state index contributed by atoms with van der Waals surface area (Å²) in [6, 6.07) is 8.03. The number of carbonyl (C=O) groups excluding carboxylic acids is 1. The molecule has 0 bridgehead atoms. The van der Waals surface area contributed by atoms with Crippen LogP contribution < -0.4 is 4.74 Å². The predicted molar refractivity (Wildman–Crippen MR) is 99.0 cm³/mol. The van der Waals surface area contributed by atoms with Crippen LogP contribution in [0.2, 0.25) is 0 Å². The number of hydrogen-bond donors (Lipinski definition) is 1. The number of amides is 1. The number of carbonyl (C=O) groups is 1. The highest BCUT2D eigenvalue weighted by atomic mass is 16.5. The molecule has 0 spiro atoms. The number of fused-ring (bicyclic) bond motifs is 2. The number of H-pyrrole nitrogens is 1. The minimum Gasteiger partial charge on any atom is -0.439 e. The van der Waals surface area contributed by atoms with E-state index in [2.05, 4.69) is 21.9 Å². The second-order valence-electron chi connectivity index (χ2n) is 6.76. The fraction of sp³-hybridized carbons (Fsp3) is 0.350. The van der Waals surface area contributed by atoms with Gasteiger partial charge in [0.2, 0.25) is 11.8 Å². The van der Waals surface area contributed by atoms with E-state index in [4.69, 9.17) is 4.74 Å². The first-order valence-electron chi connectivity index (χ1n) is 9.03. The molecule has 1 aromatic carbocycles. The minimum absolute atomic E-state index is 0.113. The van der Waals surface area contributed by atoms with Crippen molar-refractivity contribution >= 4 is 16.8 Å². The van der Waals surface area contributed by atoms with Crippen LogP contribution in [0.15, 0.2) is 36.8 Å². The van der Waals surface area contributed by atoms with E-state index in [1.165, 1.54) is 6.33 Å². The molecular weight excluding hydrogens is 328 g/mol. The van der Waals surface area contributed by atoms with Crippen molar-refractivity contribution in [1.82, 2.24) is 19.9 Å². The Morgan fingerprint density at radius 1 is 1.35 bits per heavy atom. The number of benzene rings is 1. The van der Waals surface area contributed by atoms with E-state index >= 15 is 0 Å². The third-order valence-corrected chi connectivity index (χ3v) is 4.87. The zero-order chi connectivity index (χ0) is 18.1. The van der Waals surface area contributed by atoms with E-state index < -0.39 is 0 Å². The van der Waals surface area contributed by atoms with Gasteiger partial charge in [0.1, 0.15) is 12.1 Å². The maximum absolute atomic E-state index is 12.3. The first-order chi connectivity index (χ1) is 12.7. The zero-order valence-electron chi connectivity index (χ0n) is 15.0. The summed E-state index contributed by atoms with van der Waals surface area (Å²) in [6.07, 6.45) is 5.55. The van der Waals surface area contributed by atoms with Crippen LogP contribution in [-0.2, 0) is 17.8 Å². The van der Waals surface area contributed by atoms with Crippen LogP contribution in [0.4, 0.5) is 0 Å². The number of aromatic nitrogens is 3. The van der Waals surface area contributed by atoms with Gasteiger partial charge in [-0.1, -0.05) is 6.92 Å². The molecular formula is C20H22N4O2. The normalized spacial score (nSPS) is 16.5. The van der Waals surface area contributed by atoms with Crippen LogP contribution in [0.25, 0.3) is 10.9 Å². The second-order valence-corrected chi connectivity index (χ2v) is 6.76. The molecule has 3 heterocycles. The number of rotatable bonds is 4. The highest BCUT2D eigenvalue weighted by Crippen LogP contribution is 2.32. The van der Waals surface area contributed by atoms with E-state index in [9.17, 15) is 4.79 Å². The number of nitrogens with zero attached hydrogens (tertiary/aromatic N) is 3. The standard InChI is InChI=1S/C20H22N4O2/c1-3-4-19(25)24-11-18-16(9-13(24)2)20(23-12-22-18)26-15-5-6-17-14(10-15)7-8-21-17/h5-8,10,12-13,21H,3-4,9,11H2,1-2H3/t13-/m0/s1. The highest BCUT2D eigenvalue weighted by Gasteiger charge is 2.29. The lowest BCUT2D eigenvalue weighted by molar-refractivity contribution is -0.134. The summed E-state index contributed by atoms with van der Waals surface area (Å²) in [5.41, 5.74) is 2.94. The van der Waals surface area contributed by atoms with Gasteiger partial charge in [0.25, 0.3) is 0 Å². The molecule has 1 atom stereocenters. The van der Waals surface area contributed by atoms with Crippen LogP contribution in [0.5, 0.6) is 11.6 Å². The van der Waals surface area contributed by atoms with Crippen molar-refractivity contribution in [1.29, 1.82) is 0 Å². The van der Waals surface area contributed by atoms with E-state index in [-0.39, 0.29) is 11.9 Å². The van der Waals surface area contributed by atoms with Crippen molar-refractivity contribution in [2.75, 3.05) is 0 Å². The molecule has 0 saturated carbocycles. The molecule has 0 radical (unpaired) electrons. The van der Waals surface area contributed by atoms with Crippen molar-refractivity contribution in [2.24, 2.45) is 0 Å². The number of aromatic amines is 1. The summed E-state index contributed by atoms with van der Waals surface area (Å²) in [6.45, 7) is 4.61. The summed E-state index contributed by atoms with van der Waals surface area (Å²) >= 11 is 0. The van der Waals surface area contributed by atoms with Crippen LogP contribution in [-0.4, -0.2) is 31.8 Å². The quantitative estimate of drug-likeness (QED) is 0.776. The van der Waals surface area contributed by atoms with Gasteiger partial charge in [-0.2, -0.15) is 0 Å². The summed E-state index contributed by atoms with van der Waals surface area (Å²) in [7, 11) is 0. The Labute approximate surface area is 152 Å². The maximum Gasteiger partial charge on any atom is 0.225 e. The van der Waals surface area contributed by atoms with Crippen LogP contribution in [0.3, 0.4) is 0 Å². The fourth-order valence-corrected chi connectivity index (χ4v) is 3.48.